The molecule has 0 radical (unpaired) electrons. The summed E-state index contributed by atoms with van der Waals surface area (Å²) in [6, 6.07) is 5.62. The summed E-state index contributed by atoms with van der Waals surface area (Å²) < 4.78 is 40.0. The van der Waals surface area contributed by atoms with Crippen molar-refractivity contribution in [3.8, 4) is 5.69 Å². The van der Waals surface area contributed by atoms with E-state index in [1.165, 1.54) is 30.4 Å². The van der Waals surface area contributed by atoms with Gasteiger partial charge < -0.3 is 0 Å². The monoisotopic (exact) mass is 394 g/mol. The number of anilines is 1. The number of alkyl halides is 3. The summed E-state index contributed by atoms with van der Waals surface area (Å²) >= 11 is 1.18. The predicted molar refractivity (Wildman–Crippen MR) is 94.4 cm³/mol. The van der Waals surface area contributed by atoms with Crippen LogP contribution >= 0.6 is 11.3 Å². The smallest absolute Gasteiger partial charge is 0.296 e. The van der Waals surface area contributed by atoms with Crippen LogP contribution in [0.2, 0.25) is 0 Å². The Bertz CT molecular complexity index is 1070. The standard InChI is InChI=1S/C17H13F3N4O2S/c1-9-8-27-16(21-9)22-15(26)14-13(25)6-10(2)24(23-14)12-5-3-4-11(7-12)17(18,19)20/h3-8H,1-2H3,(H,21,22,26). The van der Waals surface area contributed by atoms with Gasteiger partial charge in [0, 0.05) is 17.1 Å². The zero-order valence-corrected chi connectivity index (χ0v) is 15.0. The van der Waals surface area contributed by atoms with Crippen molar-refractivity contribution in [2.24, 2.45) is 0 Å². The number of hydrogen-bond donors (Lipinski definition) is 1. The molecular formula is C17H13F3N4O2S. The lowest BCUT2D eigenvalue weighted by molar-refractivity contribution is -0.137. The van der Waals surface area contributed by atoms with E-state index >= 15 is 0 Å². The molecule has 0 aliphatic heterocycles. The van der Waals surface area contributed by atoms with Crippen LogP contribution < -0.4 is 10.7 Å². The molecule has 1 aromatic carbocycles. The normalized spacial score (nSPS) is 11.4. The molecule has 0 atom stereocenters. The van der Waals surface area contributed by atoms with Gasteiger partial charge in [-0.2, -0.15) is 18.3 Å². The topological polar surface area (TPSA) is 76.9 Å². The van der Waals surface area contributed by atoms with E-state index in [4.69, 9.17) is 0 Å². The number of thiazole rings is 1. The van der Waals surface area contributed by atoms with Crippen molar-refractivity contribution in [2.75, 3.05) is 5.32 Å². The fourth-order valence-electron chi connectivity index (χ4n) is 2.35. The number of aromatic nitrogens is 3. The maximum absolute atomic E-state index is 13.0. The van der Waals surface area contributed by atoms with Gasteiger partial charge in [0.05, 0.1) is 16.9 Å². The molecule has 3 aromatic rings. The van der Waals surface area contributed by atoms with E-state index in [0.29, 0.717) is 16.5 Å². The summed E-state index contributed by atoms with van der Waals surface area (Å²) in [5, 5.41) is 8.45. The number of amides is 1. The molecule has 2 heterocycles. The number of carbonyl (C=O) groups is 1. The highest BCUT2D eigenvalue weighted by molar-refractivity contribution is 7.13. The SMILES string of the molecule is Cc1csc(NC(=O)c2nn(-c3cccc(C(F)(F)F)c3)c(C)cc2=O)n1. The minimum atomic E-state index is -4.52. The first-order chi connectivity index (χ1) is 12.6. The van der Waals surface area contributed by atoms with Crippen LogP contribution in [0.1, 0.15) is 27.4 Å². The highest BCUT2D eigenvalue weighted by atomic mass is 32.1. The largest absolute Gasteiger partial charge is 0.416 e. The molecule has 2 aromatic heterocycles. The van der Waals surface area contributed by atoms with Crippen LogP contribution in [0.4, 0.5) is 18.3 Å². The number of halogens is 3. The maximum Gasteiger partial charge on any atom is 0.416 e. The fraction of sp³-hybridized carbons (Fsp3) is 0.176. The minimum absolute atomic E-state index is 0.0847. The average Bonchev–Trinajstić information content (AvgIpc) is 2.99. The maximum atomic E-state index is 13.0. The molecule has 6 nitrogen and oxygen atoms in total. The van der Waals surface area contributed by atoms with Gasteiger partial charge in [0.2, 0.25) is 5.43 Å². The molecule has 27 heavy (non-hydrogen) atoms. The Balaban J connectivity index is 2.02. The van der Waals surface area contributed by atoms with Crippen LogP contribution in [0.25, 0.3) is 5.69 Å². The van der Waals surface area contributed by atoms with Gasteiger partial charge in [0.1, 0.15) is 0 Å². The van der Waals surface area contributed by atoms with E-state index in [2.05, 4.69) is 15.4 Å². The van der Waals surface area contributed by atoms with Crippen molar-refractivity contribution in [1.29, 1.82) is 0 Å². The molecule has 0 aliphatic carbocycles. The lowest BCUT2D eigenvalue weighted by Crippen LogP contribution is -2.27. The van der Waals surface area contributed by atoms with Crippen LogP contribution in [-0.4, -0.2) is 20.7 Å². The van der Waals surface area contributed by atoms with Gasteiger partial charge in [-0.3, -0.25) is 14.9 Å². The number of nitrogens with one attached hydrogen (secondary N) is 1. The predicted octanol–water partition coefficient (Wildman–Crippen LogP) is 3.58. The van der Waals surface area contributed by atoms with E-state index < -0.39 is 28.8 Å². The van der Waals surface area contributed by atoms with Crippen molar-refractivity contribution in [1.82, 2.24) is 14.8 Å². The Kier molecular flexibility index (Phi) is 4.83. The Morgan fingerprint density at radius 3 is 2.59 bits per heavy atom. The van der Waals surface area contributed by atoms with E-state index in [1.807, 2.05) is 0 Å². The molecule has 0 saturated carbocycles. The minimum Gasteiger partial charge on any atom is -0.296 e. The van der Waals surface area contributed by atoms with Crippen molar-refractivity contribution in [3.63, 3.8) is 0 Å². The molecule has 0 bridgehead atoms. The molecule has 0 aliphatic rings. The molecule has 1 amide bonds. The van der Waals surface area contributed by atoms with Gasteiger partial charge in [0.25, 0.3) is 5.91 Å². The lowest BCUT2D eigenvalue weighted by Gasteiger charge is -2.13. The molecule has 140 valence electrons. The van der Waals surface area contributed by atoms with Gasteiger partial charge in [-0.15, -0.1) is 11.3 Å². The average molecular weight is 394 g/mol. The van der Waals surface area contributed by atoms with E-state index in [1.54, 1.807) is 12.3 Å². The second-order valence-electron chi connectivity index (χ2n) is 5.71. The van der Waals surface area contributed by atoms with Crippen molar-refractivity contribution >= 4 is 22.4 Å². The van der Waals surface area contributed by atoms with Gasteiger partial charge >= 0.3 is 6.18 Å². The van der Waals surface area contributed by atoms with Crippen LogP contribution in [0, 0.1) is 13.8 Å². The summed E-state index contributed by atoms with van der Waals surface area (Å²) in [7, 11) is 0. The highest BCUT2D eigenvalue weighted by Gasteiger charge is 2.30. The number of hydrogen-bond acceptors (Lipinski definition) is 5. The van der Waals surface area contributed by atoms with Crippen molar-refractivity contribution in [3.05, 3.63) is 68.6 Å². The van der Waals surface area contributed by atoms with Gasteiger partial charge in [-0.25, -0.2) is 9.67 Å². The third-order valence-corrected chi connectivity index (χ3v) is 4.46. The first-order valence-corrected chi connectivity index (χ1v) is 8.55. The number of aryl methyl sites for hydroxylation is 2. The summed E-state index contributed by atoms with van der Waals surface area (Å²) in [6.45, 7) is 3.26. The molecule has 0 unspecified atom stereocenters. The van der Waals surface area contributed by atoms with Gasteiger partial charge in [0.15, 0.2) is 10.8 Å². The van der Waals surface area contributed by atoms with E-state index in [9.17, 15) is 22.8 Å². The molecule has 1 N–H and O–H groups in total. The first-order valence-electron chi connectivity index (χ1n) is 7.67. The second-order valence-corrected chi connectivity index (χ2v) is 6.56. The first kappa shape index (κ1) is 18.8. The zero-order valence-electron chi connectivity index (χ0n) is 14.2. The summed E-state index contributed by atoms with van der Waals surface area (Å²) in [4.78, 5) is 28.6. The van der Waals surface area contributed by atoms with Crippen LogP contribution in [-0.2, 0) is 6.18 Å². The molecular weight excluding hydrogens is 381 g/mol. The highest BCUT2D eigenvalue weighted by Crippen LogP contribution is 2.30. The van der Waals surface area contributed by atoms with Crippen LogP contribution in [0.3, 0.4) is 0 Å². The third kappa shape index (κ3) is 4.05. The van der Waals surface area contributed by atoms with Crippen molar-refractivity contribution < 1.29 is 18.0 Å². The molecule has 0 saturated heterocycles. The Labute approximate surface area is 155 Å². The summed E-state index contributed by atoms with van der Waals surface area (Å²) in [5.41, 5.74) is -0.854. The quantitative estimate of drug-likeness (QED) is 0.737. The lowest BCUT2D eigenvalue weighted by atomic mass is 10.2. The Hall–Kier alpha value is -3.01. The number of benzene rings is 1. The second kappa shape index (κ2) is 6.95. The van der Waals surface area contributed by atoms with E-state index in [-0.39, 0.29) is 5.69 Å². The van der Waals surface area contributed by atoms with Crippen LogP contribution in [0.5, 0.6) is 0 Å². The molecule has 0 spiro atoms. The Morgan fingerprint density at radius 1 is 1.22 bits per heavy atom. The number of nitrogens with zero attached hydrogens (tertiary/aromatic N) is 3. The summed E-state index contributed by atoms with van der Waals surface area (Å²) in [5.74, 6) is -0.782. The van der Waals surface area contributed by atoms with Crippen molar-refractivity contribution in [2.45, 2.75) is 20.0 Å². The molecule has 3 rings (SSSR count). The van der Waals surface area contributed by atoms with Gasteiger partial charge in [-0.1, -0.05) is 6.07 Å². The third-order valence-electron chi connectivity index (χ3n) is 3.58. The number of rotatable bonds is 3. The van der Waals surface area contributed by atoms with Crippen LogP contribution in [0.15, 0.2) is 40.5 Å². The Morgan fingerprint density at radius 2 is 1.96 bits per heavy atom. The fourth-order valence-corrected chi connectivity index (χ4v) is 3.03. The van der Waals surface area contributed by atoms with E-state index in [0.717, 1.165) is 22.9 Å². The summed E-state index contributed by atoms with van der Waals surface area (Å²) in [6.07, 6.45) is -4.52. The zero-order chi connectivity index (χ0) is 19.8. The molecule has 10 heteroatoms. The number of carbonyl (C=O) groups excluding carboxylic acids is 1. The molecule has 0 fully saturated rings. The van der Waals surface area contributed by atoms with Gasteiger partial charge in [-0.05, 0) is 32.0 Å².